The van der Waals surface area contributed by atoms with Crippen LogP contribution in [0.15, 0.2) is 24.3 Å². The summed E-state index contributed by atoms with van der Waals surface area (Å²) in [5, 5.41) is 9.26. The number of nitrogens with zero attached hydrogens (tertiary/aromatic N) is 1. The first kappa shape index (κ1) is 11.9. The van der Waals surface area contributed by atoms with E-state index in [0.717, 1.165) is 17.9 Å². The van der Waals surface area contributed by atoms with Gasteiger partial charge in [-0.2, -0.15) is 0 Å². The number of aliphatic carboxylic acids is 1. The number of hydrogen-bond acceptors (Lipinski definition) is 3. The van der Waals surface area contributed by atoms with Gasteiger partial charge in [0, 0.05) is 5.56 Å². The molecule has 92 valence electrons. The van der Waals surface area contributed by atoms with Gasteiger partial charge < -0.3 is 9.84 Å². The van der Waals surface area contributed by atoms with E-state index in [0.29, 0.717) is 6.42 Å². The molecule has 4 heteroatoms. The quantitative estimate of drug-likeness (QED) is 0.867. The SMILES string of the molecule is COc1ccccc1C1C(C(=O)O)CCN1C. The Hall–Kier alpha value is -1.55. The molecule has 4 nitrogen and oxygen atoms in total. The summed E-state index contributed by atoms with van der Waals surface area (Å²) in [6.07, 6.45) is 0.689. The normalized spacial score (nSPS) is 24.8. The molecule has 1 aromatic rings. The van der Waals surface area contributed by atoms with Crippen molar-refractivity contribution in [1.29, 1.82) is 0 Å². The van der Waals surface area contributed by atoms with Crippen LogP contribution in [0.2, 0.25) is 0 Å². The van der Waals surface area contributed by atoms with Crippen molar-refractivity contribution in [2.45, 2.75) is 12.5 Å². The van der Waals surface area contributed by atoms with Crippen LogP contribution < -0.4 is 4.74 Å². The number of methoxy groups -OCH3 is 1. The van der Waals surface area contributed by atoms with E-state index < -0.39 is 5.97 Å². The van der Waals surface area contributed by atoms with Gasteiger partial charge in [0.05, 0.1) is 19.1 Å². The van der Waals surface area contributed by atoms with Crippen molar-refractivity contribution in [2.24, 2.45) is 5.92 Å². The fraction of sp³-hybridized carbons (Fsp3) is 0.462. The van der Waals surface area contributed by atoms with Crippen LogP contribution in [-0.4, -0.2) is 36.7 Å². The average Bonchev–Trinajstić information content (AvgIpc) is 2.71. The van der Waals surface area contributed by atoms with Gasteiger partial charge in [0.25, 0.3) is 0 Å². The van der Waals surface area contributed by atoms with Gasteiger partial charge in [0.15, 0.2) is 0 Å². The molecule has 1 aromatic carbocycles. The molecule has 2 unspecified atom stereocenters. The molecule has 0 aromatic heterocycles. The predicted molar refractivity (Wildman–Crippen MR) is 64.1 cm³/mol. The summed E-state index contributed by atoms with van der Waals surface area (Å²) >= 11 is 0. The summed E-state index contributed by atoms with van der Waals surface area (Å²) in [4.78, 5) is 13.3. The Kier molecular flexibility index (Phi) is 3.33. The maximum Gasteiger partial charge on any atom is 0.308 e. The molecule has 0 bridgehead atoms. The van der Waals surface area contributed by atoms with E-state index in [1.165, 1.54) is 0 Å². The lowest BCUT2D eigenvalue weighted by Crippen LogP contribution is -2.25. The summed E-state index contributed by atoms with van der Waals surface area (Å²) in [6, 6.07) is 7.54. The fourth-order valence-corrected chi connectivity index (χ4v) is 2.57. The third-order valence-corrected chi connectivity index (χ3v) is 3.42. The van der Waals surface area contributed by atoms with Crippen LogP contribution in [0, 0.1) is 5.92 Å². The van der Waals surface area contributed by atoms with Gasteiger partial charge in [-0.05, 0) is 26.1 Å². The topological polar surface area (TPSA) is 49.8 Å². The number of likely N-dealkylation sites (tertiary alicyclic amines) is 1. The first-order valence-electron chi connectivity index (χ1n) is 5.71. The third kappa shape index (κ3) is 2.13. The lowest BCUT2D eigenvalue weighted by atomic mass is 9.93. The highest BCUT2D eigenvalue weighted by Crippen LogP contribution is 2.40. The zero-order chi connectivity index (χ0) is 12.4. The standard InChI is InChI=1S/C13H17NO3/c1-14-8-7-10(13(15)16)12(14)9-5-3-4-6-11(9)17-2/h3-6,10,12H,7-8H2,1-2H3,(H,15,16). The van der Waals surface area contributed by atoms with Gasteiger partial charge in [-0.25, -0.2) is 0 Å². The molecule has 0 radical (unpaired) electrons. The van der Waals surface area contributed by atoms with E-state index in [1.807, 2.05) is 31.3 Å². The third-order valence-electron chi connectivity index (χ3n) is 3.42. The molecule has 2 rings (SSSR count). The highest BCUT2D eigenvalue weighted by Gasteiger charge is 2.39. The summed E-state index contributed by atoms with van der Waals surface area (Å²) in [7, 11) is 3.57. The van der Waals surface area contributed by atoms with Crippen LogP contribution in [0.3, 0.4) is 0 Å². The Morgan fingerprint density at radius 3 is 2.82 bits per heavy atom. The Morgan fingerprint density at radius 1 is 1.47 bits per heavy atom. The number of carboxylic acids is 1. The van der Waals surface area contributed by atoms with Gasteiger partial charge in [-0.15, -0.1) is 0 Å². The molecule has 1 aliphatic heterocycles. The molecule has 0 saturated carbocycles. The van der Waals surface area contributed by atoms with Crippen molar-refractivity contribution in [3.8, 4) is 5.75 Å². The van der Waals surface area contributed by atoms with Crippen LogP contribution in [0.1, 0.15) is 18.0 Å². The van der Waals surface area contributed by atoms with Gasteiger partial charge >= 0.3 is 5.97 Å². The molecule has 17 heavy (non-hydrogen) atoms. The molecular weight excluding hydrogens is 218 g/mol. The predicted octanol–water partition coefficient (Wildman–Crippen LogP) is 1.77. The molecule has 1 heterocycles. The molecule has 0 amide bonds. The zero-order valence-electron chi connectivity index (χ0n) is 10.1. The smallest absolute Gasteiger partial charge is 0.308 e. The summed E-state index contributed by atoms with van der Waals surface area (Å²) < 4.78 is 5.31. The molecule has 2 atom stereocenters. The molecule has 1 fully saturated rings. The second-order valence-electron chi connectivity index (χ2n) is 4.40. The summed E-state index contributed by atoms with van der Waals surface area (Å²) in [6.45, 7) is 0.805. The number of benzene rings is 1. The van der Waals surface area contributed by atoms with E-state index in [-0.39, 0.29) is 12.0 Å². The monoisotopic (exact) mass is 235 g/mol. The van der Waals surface area contributed by atoms with Crippen molar-refractivity contribution in [2.75, 3.05) is 20.7 Å². The number of para-hydroxylation sites is 1. The lowest BCUT2D eigenvalue weighted by Gasteiger charge is -2.24. The maximum absolute atomic E-state index is 11.3. The number of rotatable bonds is 3. The summed E-state index contributed by atoms with van der Waals surface area (Å²) in [5.41, 5.74) is 0.961. The number of carbonyl (C=O) groups is 1. The van der Waals surface area contributed by atoms with E-state index in [1.54, 1.807) is 7.11 Å². The maximum atomic E-state index is 11.3. The number of ether oxygens (including phenoxy) is 1. The fourth-order valence-electron chi connectivity index (χ4n) is 2.57. The Balaban J connectivity index is 2.39. The second kappa shape index (κ2) is 4.75. The molecule has 0 spiro atoms. The van der Waals surface area contributed by atoms with Crippen LogP contribution in [0.25, 0.3) is 0 Å². The molecular formula is C13H17NO3. The van der Waals surface area contributed by atoms with Crippen molar-refractivity contribution < 1.29 is 14.6 Å². The van der Waals surface area contributed by atoms with Crippen molar-refractivity contribution in [3.63, 3.8) is 0 Å². The van der Waals surface area contributed by atoms with Crippen LogP contribution in [0.5, 0.6) is 5.75 Å². The van der Waals surface area contributed by atoms with E-state index in [9.17, 15) is 9.90 Å². The van der Waals surface area contributed by atoms with Crippen LogP contribution >= 0.6 is 0 Å². The van der Waals surface area contributed by atoms with Gasteiger partial charge in [0.1, 0.15) is 5.75 Å². The minimum atomic E-state index is -0.731. The molecule has 0 aliphatic carbocycles. The van der Waals surface area contributed by atoms with Crippen LogP contribution in [-0.2, 0) is 4.79 Å². The Labute approximate surface area is 101 Å². The first-order chi connectivity index (χ1) is 8.15. The van der Waals surface area contributed by atoms with Crippen molar-refractivity contribution >= 4 is 5.97 Å². The highest BCUT2D eigenvalue weighted by molar-refractivity contribution is 5.72. The second-order valence-corrected chi connectivity index (χ2v) is 4.40. The summed E-state index contributed by atoms with van der Waals surface area (Å²) in [5.74, 6) is -0.320. The minimum Gasteiger partial charge on any atom is -0.496 e. The van der Waals surface area contributed by atoms with Gasteiger partial charge in [-0.1, -0.05) is 18.2 Å². The zero-order valence-corrected chi connectivity index (χ0v) is 10.1. The number of hydrogen-bond donors (Lipinski definition) is 1. The average molecular weight is 235 g/mol. The highest BCUT2D eigenvalue weighted by atomic mass is 16.5. The molecule has 1 aliphatic rings. The Morgan fingerprint density at radius 2 is 2.18 bits per heavy atom. The van der Waals surface area contributed by atoms with Gasteiger partial charge in [-0.3, -0.25) is 9.69 Å². The van der Waals surface area contributed by atoms with E-state index in [4.69, 9.17) is 4.74 Å². The lowest BCUT2D eigenvalue weighted by molar-refractivity contribution is -0.142. The van der Waals surface area contributed by atoms with Crippen molar-refractivity contribution in [1.82, 2.24) is 4.90 Å². The number of carboxylic acid groups (broad SMARTS) is 1. The van der Waals surface area contributed by atoms with E-state index in [2.05, 4.69) is 4.90 Å². The molecule has 1 saturated heterocycles. The van der Waals surface area contributed by atoms with E-state index >= 15 is 0 Å². The Bertz CT molecular complexity index is 419. The van der Waals surface area contributed by atoms with Crippen LogP contribution in [0.4, 0.5) is 0 Å². The first-order valence-corrected chi connectivity index (χ1v) is 5.71. The van der Waals surface area contributed by atoms with Gasteiger partial charge in [0.2, 0.25) is 0 Å². The molecule has 1 N–H and O–H groups in total. The van der Waals surface area contributed by atoms with Crippen molar-refractivity contribution in [3.05, 3.63) is 29.8 Å². The minimum absolute atomic E-state index is 0.0938. The largest absolute Gasteiger partial charge is 0.496 e.